The maximum atomic E-state index is 9.29. The third kappa shape index (κ3) is 2.95. The molecule has 3 rings (SSSR count). The van der Waals surface area contributed by atoms with Crippen LogP contribution in [0.4, 0.5) is 5.69 Å². The molecular formula is C21H12N4. The summed E-state index contributed by atoms with van der Waals surface area (Å²) < 4.78 is 0. The lowest BCUT2D eigenvalue weighted by molar-refractivity contribution is 1.27. The second kappa shape index (κ2) is 6.67. The highest BCUT2D eigenvalue weighted by atomic mass is 14.7. The monoisotopic (exact) mass is 320 g/mol. The van der Waals surface area contributed by atoms with E-state index in [0.717, 1.165) is 16.7 Å². The van der Waals surface area contributed by atoms with E-state index in [-0.39, 0.29) is 16.8 Å². The van der Waals surface area contributed by atoms with Gasteiger partial charge < -0.3 is 0 Å². The van der Waals surface area contributed by atoms with Gasteiger partial charge in [-0.1, -0.05) is 30.3 Å². The van der Waals surface area contributed by atoms with E-state index in [1.807, 2.05) is 55.5 Å². The average Bonchev–Trinajstić information content (AvgIpc) is 2.67. The Morgan fingerprint density at radius 1 is 1.00 bits per heavy atom. The Hall–Kier alpha value is -3.94. The number of aryl methyl sites for hydroxylation is 1. The molecular weight excluding hydrogens is 308 g/mol. The Balaban J connectivity index is 2.21. The molecule has 0 aliphatic rings. The van der Waals surface area contributed by atoms with E-state index >= 15 is 0 Å². The zero-order chi connectivity index (χ0) is 17.8. The normalized spacial score (nSPS) is 9.68. The zero-order valence-electron chi connectivity index (χ0n) is 13.5. The zero-order valence-corrected chi connectivity index (χ0v) is 13.5. The standard InChI is InChI=1S/C21H12N4/c1-14-13-25-20(10-18(14)15-6-4-3-5-7-15)16-8-17(11-22)19(12-23)21(9-16)24-2/h3-10,13H,1H3. The van der Waals surface area contributed by atoms with Crippen molar-refractivity contribution in [2.24, 2.45) is 0 Å². The number of pyridine rings is 1. The Morgan fingerprint density at radius 2 is 1.76 bits per heavy atom. The van der Waals surface area contributed by atoms with Gasteiger partial charge in [0.1, 0.15) is 0 Å². The van der Waals surface area contributed by atoms with Crippen LogP contribution in [0, 0.1) is 36.2 Å². The van der Waals surface area contributed by atoms with Gasteiger partial charge in [0.05, 0.1) is 35.5 Å². The van der Waals surface area contributed by atoms with E-state index in [0.29, 0.717) is 11.3 Å². The number of benzene rings is 2. The van der Waals surface area contributed by atoms with Crippen molar-refractivity contribution in [3.63, 3.8) is 0 Å². The highest BCUT2D eigenvalue weighted by Crippen LogP contribution is 2.32. The minimum absolute atomic E-state index is 0.108. The van der Waals surface area contributed by atoms with Crippen LogP contribution in [0.3, 0.4) is 0 Å². The molecule has 25 heavy (non-hydrogen) atoms. The van der Waals surface area contributed by atoms with Gasteiger partial charge in [-0.2, -0.15) is 10.5 Å². The first kappa shape index (κ1) is 15.9. The van der Waals surface area contributed by atoms with Crippen LogP contribution in [0.2, 0.25) is 0 Å². The number of nitriles is 2. The van der Waals surface area contributed by atoms with Crippen molar-refractivity contribution in [2.75, 3.05) is 0 Å². The van der Waals surface area contributed by atoms with Crippen LogP contribution in [0.5, 0.6) is 0 Å². The van der Waals surface area contributed by atoms with E-state index < -0.39 is 0 Å². The molecule has 1 heterocycles. The van der Waals surface area contributed by atoms with E-state index in [2.05, 4.69) is 9.83 Å². The van der Waals surface area contributed by atoms with Gasteiger partial charge in [0, 0.05) is 6.20 Å². The Kier molecular flexibility index (Phi) is 4.25. The summed E-state index contributed by atoms with van der Waals surface area (Å²) in [7, 11) is 0. The topological polar surface area (TPSA) is 64.8 Å². The summed E-state index contributed by atoms with van der Waals surface area (Å²) in [6.45, 7) is 9.26. The fraction of sp³-hybridized carbons (Fsp3) is 0.0476. The number of hydrogen-bond donors (Lipinski definition) is 0. The molecule has 0 saturated carbocycles. The Bertz CT molecular complexity index is 1040. The third-order valence-electron chi connectivity index (χ3n) is 3.95. The van der Waals surface area contributed by atoms with Crippen molar-refractivity contribution in [3.8, 4) is 34.5 Å². The third-order valence-corrected chi connectivity index (χ3v) is 3.95. The Labute approximate surface area is 146 Å². The fourth-order valence-corrected chi connectivity index (χ4v) is 2.68. The molecule has 3 aromatic rings. The lowest BCUT2D eigenvalue weighted by atomic mass is 9.97. The molecule has 4 nitrogen and oxygen atoms in total. The van der Waals surface area contributed by atoms with Crippen molar-refractivity contribution >= 4 is 5.69 Å². The van der Waals surface area contributed by atoms with Crippen LogP contribution in [-0.4, -0.2) is 4.98 Å². The molecule has 0 aliphatic heterocycles. The van der Waals surface area contributed by atoms with Gasteiger partial charge in [0.15, 0.2) is 0 Å². The molecule has 1 aromatic heterocycles. The first-order valence-corrected chi connectivity index (χ1v) is 7.56. The van der Waals surface area contributed by atoms with E-state index in [1.54, 1.807) is 18.3 Å². The lowest BCUT2D eigenvalue weighted by Crippen LogP contribution is -1.92. The van der Waals surface area contributed by atoms with Gasteiger partial charge in [-0.25, -0.2) is 4.85 Å². The van der Waals surface area contributed by atoms with Crippen LogP contribution in [-0.2, 0) is 0 Å². The van der Waals surface area contributed by atoms with Gasteiger partial charge in [0.25, 0.3) is 0 Å². The van der Waals surface area contributed by atoms with Gasteiger partial charge >= 0.3 is 0 Å². The number of aromatic nitrogens is 1. The van der Waals surface area contributed by atoms with Crippen molar-refractivity contribution in [1.82, 2.24) is 4.98 Å². The molecule has 0 saturated heterocycles. The van der Waals surface area contributed by atoms with E-state index in [1.165, 1.54) is 0 Å². The second-order valence-corrected chi connectivity index (χ2v) is 5.50. The number of hydrogen-bond acceptors (Lipinski definition) is 3. The molecule has 0 bridgehead atoms. The highest BCUT2D eigenvalue weighted by molar-refractivity contribution is 5.78. The molecule has 0 spiro atoms. The maximum Gasteiger partial charge on any atom is 0.206 e. The largest absolute Gasteiger partial charge is 0.256 e. The van der Waals surface area contributed by atoms with Gasteiger partial charge in [-0.05, 0) is 47.4 Å². The van der Waals surface area contributed by atoms with Crippen LogP contribution >= 0.6 is 0 Å². The van der Waals surface area contributed by atoms with Gasteiger partial charge in [0.2, 0.25) is 5.69 Å². The molecule has 0 N–H and O–H groups in total. The van der Waals surface area contributed by atoms with Gasteiger partial charge in [-0.15, -0.1) is 0 Å². The summed E-state index contributed by atoms with van der Waals surface area (Å²) in [6.07, 6.45) is 1.78. The molecule has 0 aliphatic carbocycles. The van der Waals surface area contributed by atoms with Gasteiger partial charge in [-0.3, -0.25) is 4.98 Å². The molecule has 2 aromatic carbocycles. The number of rotatable bonds is 2. The predicted octanol–water partition coefficient (Wildman–Crippen LogP) is 5.02. The van der Waals surface area contributed by atoms with Crippen LogP contribution < -0.4 is 0 Å². The molecule has 0 unspecified atom stereocenters. The first-order chi connectivity index (χ1) is 12.2. The highest BCUT2D eigenvalue weighted by Gasteiger charge is 2.13. The summed E-state index contributed by atoms with van der Waals surface area (Å²) in [5.74, 6) is 0. The molecule has 116 valence electrons. The van der Waals surface area contributed by atoms with Crippen molar-refractivity contribution in [1.29, 1.82) is 10.5 Å². The second-order valence-electron chi connectivity index (χ2n) is 5.50. The van der Waals surface area contributed by atoms with E-state index in [4.69, 9.17) is 6.57 Å². The van der Waals surface area contributed by atoms with Crippen LogP contribution in [0.25, 0.3) is 27.2 Å². The lowest BCUT2D eigenvalue weighted by Gasteiger charge is -2.10. The SMILES string of the molecule is [C-]#[N+]c1cc(-c2cc(-c3ccccc3)c(C)cn2)cc(C#N)c1C#N. The summed E-state index contributed by atoms with van der Waals surface area (Å²) >= 11 is 0. The van der Waals surface area contributed by atoms with Crippen molar-refractivity contribution in [3.05, 3.63) is 82.8 Å². The Morgan fingerprint density at radius 3 is 2.40 bits per heavy atom. The van der Waals surface area contributed by atoms with E-state index in [9.17, 15) is 10.5 Å². The summed E-state index contributed by atoms with van der Waals surface area (Å²) in [5, 5.41) is 18.5. The molecule has 0 amide bonds. The van der Waals surface area contributed by atoms with Crippen LogP contribution in [0.1, 0.15) is 16.7 Å². The smallest absolute Gasteiger partial charge is 0.206 e. The molecule has 4 heteroatoms. The average molecular weight is 320 g/mol. The summed E-state index contributed by atoms with van der Waals surface area (Å²) in [4.78, 5) is 7.83. The predicted molar refractivity (Wildman–Crippen MR) is 95.5 cm³/mol. The molecule has 0 atom stereocenters. The molecule has 0 radical (unpaired) electrons. The van der Waals surface area contributed by atoms with Crippen molar-refractivity contribution in [2.45, 2.75) is 6.92 Å². The first-order valence-electron chi connectivity index (χ1n) is 7.56. The quantitative estimate of drug-likeness (QED) is 0.623. The molecule has 0 fully saturated rings. The summed E-state index contributed by atoms with van der Waals surface area (Å²) in [6, 6.07) is 19.1. The van der Waals surface area contributed by atoms with Crippen LogP contribution in [0.15, 0.2) is 54.7 Å². The fourth-order valence-electron chi connectivity index (χ4n) is 2.68. The minimum Gasteiger partial charge on any atom is -0.256 e. The summed E-state index contributed by atoms with van der Waals surface area (Å²) in [5.41, 5.74) is 4.93. The van der Waals surface area contributed by atoms with Crippen molar-refractivity contribution < 1.29 is 0 Å². The maximum absolute atomic E-state index is 9.29. The minimum atomic E-state index is 0.108. The number of nitrogens with zero attached hydrogens (tertiary/aromatic N) is 4.